The number of thiazole rings is 2. The van der Waals surface area contributed by atoms with E-state index in [4.69, 9.17) is 0 Å². The molecule has 0 aliphatic heterocycles. The minimum atomic E-state index is -0.362. The molecule has 10 heteroatoms. The highest BCUT2D eigenvalue weighted by Gasteiger charge is 2.11. The van der Waals surface area contributed by atoms with Crippen LogP contribution in [0.25, 0.3) is 0 Å². The maximum Gasteiger partial charge on any atom is 0.258 e. The molecule has 3 N–H and O–H groups in total. The van der Waals surface area contributed by atoms with Gasteiger partial charge in [0.1, 0.15) is 0 Å². The standard InChI is InChI=1S/C16H15N5O3S2/c1-9-7-25-15(18-9)20-13(23)5-3-11-8-26-16(19-11)21-14(24)10-2-4-12(22)17-6-10/h2,4,6-8H,3,5H2,1H3,(H,17,22)(H,18,20,23)(H,19,21,24). The maximum absolute atomic E-state index is 12.1. The number of aromatic nitrogens is 3. The predicted octanol–water partition coefficient (Wildman–Crippen LogP) is 2.42. The molecule has 2 amide bonds. The Morgan fingerprint density at radius 3 is 2.58 bits per heavy atom. The number of hydrogen-bond donors (Lipinski definition) is 3. The van der Waals surface area contributed by atoms with Crippen LogP contribution in [0.5, 0.6) is 0 Å². The molecule has 0 aliphatic rings. The Morgan fingerprint density at radius 1 is 1.12 bits per heavy atom. The normalized spacial score (nSPS) is 10.5. The lowest BCUT2D eigenvalue weighted by molar-refractivity contribution is -0.116. The Balaban J connectivity index is 1.51. The highest BCUT2D eigenvalue weighted by molar-refractivity contribution is 7.14. The Bertz CT molecular complexity index is 971. The van der Waals surface area contributed by atoms with Crippen LogP contribution < -0.4 is 16.2 Å². The van der Waals surface area contributed by atoms with Crippen molar-refractivity contribution in [3.63, 3.8) is 0 Å². The lowest BCUT2D eigenvalue weighted by atomic mass is 10.2. The van der Waals surface area contributed by atoms with Gasteiger partial charge in [-0.05, 0) is 19.4 Å². The number of amides is 2. The second-order valence-electron chi connectivity index (χ2n) is 5.38. The Hall–Kier alpha value is -2.85. The van der Waals surface area contributed by atoms with Crippen LogP contribution in [0.4, 0.5) is 10.3 Å². The Labute approximate surface area is 156 Å². The van der Waals surface area contributed by atoms with Gasteiger partial charge in [-0.1, -0.05) is 0 Å². The molecule has 0 fully saturated rings. The quantitative estimate of drug-likeness (QED) is 0.599. The smallest absolute Gasteiger partial charge is 0.258 e. The van der Waals surface area contributed by atoms with Crippen LogP contribution in [-0.2, 0) is 11.2 Å². The molecule has 26 heavy (non-hydrogen) atoms. The zero-order valence-electron chi connectivity index (χ0n) is 13.7. The van der Waals surface area contributed by atoms with E-state index in [9.17, 15) is 14.4 Å². The average molecular weight is 389 g/mol. The summed E-state index contributed by atoms with van der Waals surface area (Å²) in [4.78, 5) is 45.9. The molecule has 0 aliphatic carbocycles. The largest absolute Gasteiger partial charge is 0.328 e. The molecule has 0 radical (unpaired) electrons. The molecule has 0 saturated carbocycles. The van der Waals surface area contributed by atoms with E-state index in [-0.39, 0.29) is 23.8 Å². The van der Waals surface area contributed by atoms with Gasteiger partial charge >= 0.3 is 0 Å². The van der Waals surface area contributed by atoms with Gasteiger partial charge in [-0.3, -0.25) is 19.7 Å². The topological polar surface area (TPSA) is 117 Å². The molecule has 3 aromatic rings. The first-order valence-electron chi connectivity index (χ1n) is 7.66. The number of rotatable bonds is 6. The van der Waals surface area contributed by atoms with Crippen molar-refractivity contribution >= 4 is 44.8 Å². The number of nitrogens with zero attached hydrogens (tertiary/aromatic N) is 2. The third kappa shape index (κ3) is 4.83. The number of anilines is 2. The van der Waals surface area contributed by atoms with E-state index in [0.29, 0.717) is 22.2 Å². The minimum absolute atomic E-state index is 0.133. The molecule has 0 spiro atoms. The second kappa shape index (κ2) is 8.02. The number of aryl methyl sites for hydroxylation is 2. The predicted molar refractivity (Wildman–Crippen MR) is 101 cm³/mol. The van der Waals surface area contributed by atoms with Crippen molar-refractivity contribution in [2.45, 2.75) is 19.8 Å². The van der Waals surface area contributed by atoms with Crippen molar-refractivity contribution in [3.05, 3.63) is 56.4 Å². The summed E-state index contributed by atoms with van der Waals surface area (Å²) < 4.78 is 0. The van der Waals surface area contributed by atoms with Crippen LogP contribution in [0.3, 0.4) is 0 Å². The van der Waals surface area contributed by atoms with Gasteiger partial charge in [0, 0.05) is 29.4 Å². The minimum Gasteiger partial charge on any atom is -0.328 e. The van der Waals surface area contributed by atoms with E-state index in [1.807, 2.05) is 12.3 Å². The van der Waals surface area contributed by atoms with E-state index in [1.165, 1.54) is 41.0 Å². The van der Waals surface area contributed by atoms with Crippen LogP contribution in [0.2, 0.25) is 0 Å². The third-order valence-electron chi connectivity index (χ3n) is 3.29. The molecule has 0 aromatic carbocycles. The Morgan fingerprint density at radius 2 is 1.88 bits per heavy atom. The summed E-state index contributed by atoms with van der Waals surface area (Å²) in [6, 6.07) is 2.72. The summed E-state index contributed by atoms with van der Waals surface area (Å²) in [5.41, 5.74) is 1.65. The molecule has 3 heterocycles. The van der Waals surface area contributed by atoms with Gasteiger partial charge < -0.3 is 10.3 Å². The fourth-order valence-electron chi connectivity index (χ4n) is 2.04. The molecule has 0 atom stereocenters. The van der Waals surface area contributed by atoms with Gasteiger partial charge in [-0.2, -0.15) is 0 Å². The maximum atomic E-state index is 12.1. The first kappa shape index (κ1) is 18.0. The summed E-state index contributed by atoms with van der Waals surface area (Å²) in [5, 5.41) is 10.1. The summed E-state index contributed by atoms with van der Waals surface area (Å²) in [5.74, 6) is -0.495. The van der Waals surface area contributed by atoms with E-state index < -0.39 is 0 Å². The van der Waals surface area contributed by atoms with Gasteiger partial charge in [-0.15, -0.1) is 22.7 Å². The summed E-state index contributed by atoms with van der Waals surface area (Å²) in [6.07, 6.45) is 2.08. The lowest BCUT2D eigenvalue weighted by Gasteiger charge is -2.01. The fourth-order valence-corrected chi connectivity index (χ4v) is 3.48. The zero-order chi connectivity index (χ0) is 18.5. The first-order chi connectivity index (χ1) is 12.5. The molecule has 0 unspecified atom stereocenters. The van der Waals surface area contributed by atoms with Crippen LogP contribution in [0.1, 0.15) is 28.2 Å². The van der Waals surface area contributed by atoms with Crippen molar-refractivity contribution in [1.29, 1.82) is 0 Å². The molecule has 3 aromatic heterocycles. The second-order valence-corrected chi connectivity index (χ2v) is 7.10. The van der Waals surface area contributed by atoms with Gasteiger partial charge in [0.15, 0.2) is 10.3 Å². The van der Waals surface area contributed by atoms with Crippen molar-refractivity contribution < 1.29 is 9.59 Å². The zero-order valence-corrected chi connectivity index (χ0v) is 15.4. The van der Waals surface area contributed by atoms with Gasteiger partial charge in [-0.25, -0.2) is 9.97 Å². The summed E-state index contributed by atoms with van der Waals surface area (Å²) in [7, 11) is 0. The fraction of sp³-hybridized carbons (Fsp3) is 0.188. The lowest BCUT2D eigenvalue weighted by Crippen LogP contribution is -2.14. The number of H-pyrrole nitrogens is 1. The summed E-state index contributed by atoms with van der Waals surface area (Å²) >= 11 is 2.66. The van der Waals surface area contributed by atoms with Gasteiger partial charge in [0.25, 0.3) is 5.91 Å². The van der Waals surface area contributed by atoms with Crippen LogP contribution in [-0.4, -0.2) is 26.8 Å². The first-order valence-corrected chi connectivity index (χ1v) is 9.42. The van der Waals surface area contributed by atoms with Crippen molar-refractivity contribution in [1.82, 2.24) is 15.0 Å². The molecule has 0 bridgehead atoms. The van der Waals surface area contributed by atoms with Crippen molar-refractivity contribution in [2.24, 2.45) is 0 Å². The number of carbonyl (C=O) groups excluding carboxylic acids is 2. The van der Waals surface area contributed by atoms with Crippen LogP contribution in [0, 0.1) is 6.92 Å². The van der Waals surface area contributed by atoms with E-state index in [1.54, 1.807) is 5.38 Å². The molecular weight excluding hydrogens is 374 g/mol. The van der Waals surface area contributed by atoms with E-state index >= 15 is 0 Å². The third-order valence-corrected chi connectivity index (χ3v) is 4.97. The number of hydrogen-bond acceptors (Lipinski definition) is 7. The molecule has 0 saturated heterocycles. The highest BCUT2D eigenvalue weighted by Crippen LogP contribution is 2.18. The number of aromatic amines is 1. The average Bonchev–Trinajstić information content (AvgIpc) is 3.22. The van der Waals surface area contributed by atoms with Gasteiger partial charge in [0.2, 0.25) is 11.5 Å². The Kier molecular flexibility index (Phi) is 5.54. The SMILES string of the molecule is Cc1csc(NC(=O)CCc2csc(NC(=O)c3ccc(=O)[nH]c3)n2)n1. The van der Waals surface area contributed by atoms with Gasteiger partial charge in [0.05, 0.1) is 17.0 Å². The number of carbonyl (C=O) groups is 2. The molecule has 8 nitrogen and oxygen atoms in total. The van der Waals surface area contributed by atoms with Crippen molar-refractivity contribution in [3.8, 4) is 0 Å². The van der Waals surface area contributed by atoms with E-state index in [2.05, 4.69) is 25.6 Å². The van der Waals surface area contributed by atoms with Crippen LogP contribution in [0.15, 0.2) is 33.9 Å². The highest BCUT2D eigenvalue weighted by atomic mass is 32.1. The van der Waals surface area contributed by atoms with Crippen molar-refractivity contribution in [2.75, 3.05) is 10.6 Å². The van der Waals surface area contributed by atoms with E-state index in [0.717, 1.165) is 11.4 Å². The molecule has 3 rings (SSSR count). The monoisotopic (exact) mass is 389 g/mol. The molecular formula is C16H15N5O3S2. The van der Waals surface area contributed by atoms with Crippen LogP contribution >= 0.6 is 22.7 Å². The number of nitrogens with one attached hydrogen (secondary N) is 3. The number of pyridine rings is 1. The molecule has 134 valence electrons. The summed E-state index contributed by atoms with van der Waals surface area (Å²) in [6.45, 7) is 1.87.